The van der Waals surface area contributed by atoms with E-state index in [0.717, 1.165) is 54.6 Å². The number of hydrogen-bond donors (Lipinski definition) is 0. The zero-order valence-corrected chi connectivity index (χ0v) is 16.7. The van der Waals surface area contributed by atoms with Crippen molar-refractivity contribution in [3.8, 4) is 11.5 Å². The van der Waals surface area contributed by atoms with Gasteiger partial charge in [0.25, 0.3) is 0 Å². The molecule has 9 heteroatoms. The molecule has 1 saturated heterocycles. The molecule has 1 aromatic heterocycles. The van der Waals surface area contributed by atoms with E-state index in [-0.39, 0.29) is 18.7 Å². The fourth-order valence-corrected chi connectivity index (χ4v) is 3.98. The number of nitrogens with zero attached hydrogens (tertiary/aromatic N) is 6. The molecular formula is C21H23FN6O2. The summed E-state index contributed by atoms with van der Waals surface area (Å²) in [7, 11) is 2.12. The number of ether oxygens (including phenoxy) is 2. The number of hydrogen-bond acceptors (Lipinski definition) is 7. The predicted octanol–water partition coefficient (Wildman–Crippen LogP) is 1.93. The molecule has 0 spiro atoms. The Morgan fingerprint density at radius 1 is 1.00 bits per heavy atom. The Kier molecular flexibility index (Phi) is 5.06. The Bertz CT molecular complexity index is 1020. The van der Waals surface area contributed by atoms with Gasteiger partial charge in [0.15, 0.2) is 17.3 Å². The van der Waals surface area contributed by atoms with Crippen LogP contribution in [0.5, 0.6) is 11.5 Å². The number of piperazine rings is 1. The lowest BCUT2D eigenvalue weighted by Gasteiger charge is -2.37. The van der Waals surface area contributed by atoms with Gasteiger partial charge in [-0.25, -0.2) is 9.07 Å². The molecule has 2 aromatic carbocycles. The van der Waals surface area contributed by atoms with E-state index in [1.165, 1.54) is 12.1 Å². The van der Waals surface area contributed by atoms with E-state index >= 15 is 0 Å². The Morgan fingerprint density at radius 3 is 2.57 bits per heavy atom. The summed E-state index contributed by atoms with van der Waals surface area (Å²) in [6, 6.07) is 12.3. The smallest absolute Gasteiger partial charge is 0.231 e. The minimum atomic E-state index is -0.254. The molecule has 5 rings (SSSR count). The van der Waals surface area contributed by atoms with Crippen molar-refractivity contribution in [2.45, 2.75) is 12.6 Å². The largest absolute Gasteiger partial charge is 0.454 e. The van der Waals surface area contributed by atoms with Crippen molar-refractivity contribution in [2.75, 3.05) is 40.0 Å². The zero-order valence-electron chi connectivity index (χ0n) is 16.7. The van der Waals surface area contributed by atoms with Gasteiger partial charge in [-0.3, -0.25) is 4.90 Å². The van der Waals surface area contributed by atoms with Crippen molar-refractivity contribution in [3.05, 3.63) is 65.2 Å². The molecule has 3 aromatic rings. The van der Waals surface area contributed by atoms with Crippen molar-refractivity contribution >= 4 is 0 Å². The topological polar surface area (TPSA) is 68.5 Å². The van der Waals surface area contributed by atoms with Gasteiger partial charge in [-0.1, -0.05) is 18.2 Å². The molecule has 3 heterocycles. The Balaban J connectivity index is 1.47. The molecule has 1 fully saturated rings. The molecule has 8 nitrogen and oxygen atoms in total. The number of tetrazole rings is 1. The van der Waals surface area contributed by atoms with Gasteiger partial charge in [-0.05, 0) is 52.9 Å². The van der Waals surface area contributed by atoms with Crippen LogP contribution in [0.2, 0.25) is 0 Å². The highest BCUT2D eigenvalue weighted by Crippen LogP contribution is 2.33. The van der Waals surface area contributed by atoms with Crippen LogP contribution >= 0.6 is 0 Å². The minimum absolute atomic E-state index is 0.150. The van der Waals surface area contributed by atoms with Gasteiger partial charge in [0.05, 0.1) is 12.6 Å². The lowest BCUT2D eigenvalue weighted by Crippen LogP contribution is -2.46. The summed E-state index contributed by atoms with van der Waals surface area (Å²) in [6.07, 6.45) is 0. The molecule has 0 radical (unpaired) electrons. The van der Waals surface area contributed by atoms with Crippen LogP contribution in [0, 0.1) is 5.82 Å². The highest BCUT2D eigenvalue weighted by atomic mass is 19.1. The molecule has 30 heavy (non-hydrogen) atoms. The van der Waals surface area contributed by atoms with Crippen LogP contribution in [0.4, 0.5) is 4.39 Å². The average molecular weight is 410 g/mol. The maximum absolute atomic E-state index is 13.6. The van der Waals surface area contributed by atoms with E-state index < -0.39 is 0 Å². The lowest BCUT2D eigenvalue weighted by atomic mass is 10.0. The maximum Gasteiger partial charge on any atom is 0.231 e. The average Bonchev–Trinajstić information content (AvgIpc) is 3.40. The standard InChI is InChI=1S/C21H23FN6O2/c1-26-8-10-27(11-9-26)20(16-3-5-17(22)6-4-16)21-23-24-25-28(21)13-15-2-7-18-19(12-15)30-14-29-18/h2-7,12,20H,8-11,13-14H2,1H3. The molecule has 2 aliphatic rings. The van der Waals surface area contributed by atoms with E-state index in [1.807, 2.05) is 35.0 Å². The number of benzene rings is 2. The van der Waals surface area contributed by atoms with Crippen LogP contribution in [0.1, 0.15) is 23.0 Å². The van der Waals surface area contributed by atoms with E-state index in [1.54, 1.807) is 0 Å². The minimum Gasteiger partial charge on any atom is -0.454 e. The molecule has 1 unspecified atom stereocenters. The molecule has 1 atom stereocenters. The second-order valence-electron chi connectivity index (χ2n) is 7.68. The molecule has 0 aliphatic carbocycles. The molecule has 156 valence electrons. The quantitative estimate of drug-likeness (QED) is 0.637. The van der Waals surface area contributed by atoms with Gasteiger partial charge < -0.3 is 14.4 Å². The summed E-state index contributed by atoms with van der Waals surface area (Å²) in [5, 5.41) is 12.6. The van der Waals surface area contributed by atoms with Gasteiger partial charge in [0.1, 0.15) is 5.82 Å². The molecule has 0 saturated carbocycles. The highest BCUT2D eigenvalue weighted by Gasteiger charge is 2.30. The van der Waals surface area contributed by atoms with Crippen molar-refractivity contribution in [2.24, 2.45) is 0 Å². The fraction of sp³-hybridized carbons (Fsp3) is 0.381. The molecule has 2 aliphatic heterocycles. The Labute approximate surface area is 173 Å². The maximum atomic E-state index is 13.6. The van der Waals surface area contributed by atoms with E-state index in [9.17, 15) is 4.39 Å². The number of aromatic nitrogens is 4. The summed E-state index contributed by atoms with van der Waals surface area (Å²) in [5.74, 6) is 1.97. The second-order valence-corrected chi connectivity index (χ2v) is 7.68. The summed E-state index contributed by atoms with van der Waals surface area (Å²) < 4.78 is 26.3. The van der Waals surface area contributed by atoms with Crippen molar-refractivity contribution in [3.63, 3.8) is 0 Å². The van der Waals surface area contributed by atoms with Crippen LogP contribution in [0.15, 0.2) is 42.5 Å². The first-order valence-corrected chi connectivity index (χ1v) is 10.00. The van der Waals surface area contributed by atoms with Crippen molar-refractivity contribution in [1.82, 2.24) is 30.0 Å². The van der Waals surface area contributed by atoms with Gasteiger partial charge in [0.2, 0.25) is 6.79 Å². The van der Waals surface area contributed by atoms with Gasteiger partial charge in [-0.2, -0.15) is 0 Å². The van der Waals surface area contributed by atoms with Crippen LogP contribution in [-0.4, -0.2) is 70.0 Å². The van der Waals surface area contributed by atoms with E-state index in [4.69, 9.17) is 9.47 Å². The normalized spacial score (nSPS) is 17.9. The summed E-state index contributed by atoms with van der Waals surface area (Å²) in [4.78, 5) is 4.66. The summed E-state index contributed by atoms with van der Waals surface area (Å²) in [5.41, 5.74) is 1.99. The monoisotopic (exact) mass is 410 g/mol. The Morgan fingerprint density at radius 2 is 1.77 bits per heavy atom. The number of halogens is 1. The van der Waals surface area contributed by atoms with Crippen LogP contribution in [0.3, 0.4) is 0 Å². The number of fused-ring (bicyclic) bond motifs is 1. The first-order valence-electron chi connectivity index (χ1n) is 10.00. The summed E-state index contributed by atoms with van der Waals surface area (Å²) >= 11 is 0. The number of rotatable bonds is 5. The first-order chi connectivity index (χ1) is 14.7. The third-order valence-electron chi connectivity index (χ3n) is 5.66. The third kappa shape index (κ3) is 3.73. The Hall–Kier alpha value is -3.04. The third-order valence-corrected chi connectivity index (χ3v) is 5.66. The first kappa shape index (κ1) is 19.0. The van der Waals surface area contributed by atoms with E-state index in [2.05, 4.69) is 32.4 Å². The van der Waals surface area contributed by atoms with Crippen molar-refractivity contribution < 1.29 is 13.9 Å². The van der Waals surface area contributed by atoms with Crippen molar-refractivity contribution in [1.29, 1.82) is 0 Å². The second kappa shape index (κ2) is 8.00. The van der Waals surface area contributed by atoms with Gasteiger partial charge in [-0.15, -0.1) is 5.10 Å². The van der Waals surface area contributed by atoms with Crippen LogP contribution in [0.25, 0.3) is 0 Å². The highest BCUT2D eigenvalue weighted by molar-refractivity contribution is 5.44. The number of likely N-dealkylation sites (N-methyl/N-ethyl adjacent to an activating group) is 1. The lowest BCUT2D eigenvalue weighted by molar-refractivity contribution is 0.121. The predicted molar refractivity (Wildman–Crippen MR) is 107 cm³/mol. The SMILES string of the molecule is CN1CCN(C(c2ccc(F)cc2)c2nnnn2Cc2ccc3c(c2)OCO3)CC1. The summed E-state index contributed by atoms with van der Waals surface area (Å²) in [6.45, 7) is 4.43. The molecule has 0 amide bonds. The molecule has 0 N–H and O–H groups in total. The fourth-order valence-electron chi connectivity index (χ4n) is 3.98. The van der Waals surface area contributed by atoms with Gasteiger partial charge >= 0.3 is 0 Å². The zero-order chi connectivity index (χ0) is 20.5. The van der Waals surface area contributed by atoms with E-state index in [0.29, 0.717) is 6.54 Å². The molecule has 0 bridgehead atoms. The van der Waals surface area contributed by atoms with Crippen LogP contribution < -0.4 is 9.47 Å². The molecular weight excluding hydrogens is 387 g/mol. The van der Waals surface area contributed by atoms with Gasteiger partial charge in [0, 0.05) is 26.2 Å². The van der Waals surface area contributed by atoms with Crippen LogP contribution in [-0.2, 0) is 6.54 Å².